The quantitative estimate of drug-likeness (QED) is 0.463. The number of sulfonamides is 1. The van der Waals surface area contributed by atoms with Gasteiger partial charge in [-0.05, 0) is 42.8 Å². The van der Waals surface area contributed by atoms with Gasteiger partial charge in [-0.15, -0.1) is 0 Å². The smallest absolute Gasteiger partial charge is 0.243 e. The molecule has 3 aromatic rings. The van der Waals surface area contributed by atoms with Gasteiger partial charge in [0, 0.05) is 30.4 Å². The zero-order valence-corrected chi connectivity index (χ0v) is 18.6. The molecule has 2 aromatic carbocycles. The van der Waals surface area contributed by atoms with Gasteiger partial charge >= 0.3 is 0 Å². The SMILES string of the molecule is CCN(CC)S(=O)(=O)c1ccc2c(c1)nc(SCc1cccc(Cl)c1)n2CC. The van der Waals surface area contributed by atoms with Gasteiger partial charge in [0.1, 0.15) is 0 Å². The summed E-state index contributed by atoms with van der Waals surface area (Å²) in [7, 11) is -3.50. The topological polar surface area (TPSA) is 55.2 Å². The molecule has 0 saturated carbocycles. The summed E-state index contributed by atoms with van der Waals surface area (Å²) < 4.78 is 29.2. The highest BCUT2D eigenvalue weighted by Crippen LogP contribution is 2.29. The van der Waals surface area contributed by atoms with Gasteiger partial charge in [-0.25, -0.2) is 13.4 Å². The average Bonchev–Trinajstić information content (AvgIpc) is 3.03. The predicted molar refractivity (Wildman–Crippen MR) is 117 cm³/mol. The summed E-state index contributed by atoms with van der Waals surface area (Å²) in [4.78, 5) is 5.00. The number of nitrogens with zero attached hydrogens (tertiary/aromatic N) is 3. The van der Waals surface area contributed by atoms with E-state index in [-0.39, 0.29) is 4.90 Å². The lowest BCUT2D eigenvalue weighted by Crippen LogP contribution is -2.30. The number of hydrogen-bond acceptors (Lipinski definition) is 4. The third-order valence-corrected chi connectivity index (χ3v) is 7.93. The zero-order valence-electron chi connectivity index (χ0n) is 16.2. The van der Waals surface area contributed by atoms with Crippen LogP contribution in [-0.2, 0) is 22.3 Å². The minimum atomic E-state index is -3.50. The van der Waals surface area contributed by atoms with Crippen molar-refractivity contribution in [3.8, 4) is 0 Å². The van der Waals surface area contributed by atoms with Gasteiger partial charge in [0.05, 0.1) is 15.9 Å². The maximum absolute atomic E-state index is 12.8. The van der Waals surface area contributed by atoms with E-state index in [1.807, 2.05) is 44.2 Å². The average molecular weight is 438 g/mol. The van der Waals surface area contributed by atoms with Crippen molar-refractivity contribution in [2.24, 2.45) is 0 Å². The molecule has 150 valence electrons. The summed E-state index contributed by atoms with van der Waals surface area (Å²) >= 11 is 7.69. The summed E-state index contributed by atoms with van der Waals surface area (Å²) in [6.07, 6.45) is 0. The second kappa shape index (κ2) is 8.86. The van der Waals surface area contributed by atoms with Gasteiger partial charge in [0.25, 0.3) is 0 Å². The molecule has 0 saturated heterocycles. The van der Waals surface area contributed by atoms with Crippen LogP contribution in [0.25, 0.3) is 11.0 Å². The van der Waals surface area contributed by atoms with Crippen LogP contribution in [0.3, 0.4) is 0 Å². The van der Waals surface area contributed by atoms with Crippen LogP contribution < -0.4 is 0 Å². The van der Waals surface area contributed by atoms with Crippen LogP contribution in [-0.4, -0.2) is 35.4 Å². The van der Waals surface area contributed by atoms with E-state index in [1.54, 1.807) is 23.9 Å². The van der Waals surface area contributed by atoms with Crippen LogP contribution in [0.15, 0.2) is 52.5 Å². The Balaban J connectivity index is 1.95. The van der Waals surface area contributed by atoms with Crippen molar-refractivity contribution in [3.05, 3.63) is 53.1 Å². The molecule has 8 heteroatoms. The highest BCUT2D eigenvalue weighted by Gasteiger charge is 2.23. The Labute approximate surface area is 175 Å². The zero-order chi connectivity index (χ0) is 20.3. The van der Waals surface area contributed by atoms with Crippen molar-refractivity contribution in [2.75, 3.05) is 13.1 Å². The molecule has 1 aromatic heterocycles. The first kappa shape index (κ1) is 21.2. The Morgan fingerprint density at radius 1 is 1.11 bits per heavy atom. The minimum absolute atomic E-state index is 0.288. The van der Waals surface area contributed by atoms with Crippen LogP contribution in [0.4, 0.5) is 0 Å². The lowest BCUT2D eigenvalue weighted by molar-refractivity contribution is 0.445. The summed E-state index contributed by atoms with van der Waals surface area (Å²) in [5.41, 5.74) is 2.76. The first-order chi connectivity index (χ1) is 13.4. The van der Waals surface area contributed by atoms with E-state index in [2.05, 4.69) is 11.5 Å². The van der Waals surface area contributed by atoms with E-state index >= 15 is 0 Å². The third-order valence-electron chi connectivity index (χ3n) is 4.60. The molecule has 1 heterocycles. The molecule has 3 rings (SSSR count). The second-order valence-corrected chi connectivity index (χ2v) is 9.61. The van der Waals surface area contributed by atoms with E-state index in [4.69, 9.17) is 16.6 Å². The van der Waals surface area contributed by atoms with Gasteiger partial charge < -0.3 is 4.57 Å². The first-order valence-electron chi connectivity index (χ1n) is 9.28. The molecular weight excluding hydrogens is 414 g/mol. The van der Waals surface area contributed by atoms with Crippen LogP contribution in [0, 0.1) is 0 Å². The Hall–Kier alpha value is -1.54. The number of hydrogen-bond donors (Lipinski definition) is 0. The summed E-state index contributed by atoms with van der Waals surface area (Å²) in [6.45, 7) is 7.40. The Kier molecular flexibility index (Phi) is 6.70. The second-order valence-electron chi connectivity index (χ2n) is 6.30. The number of aryl methyl sites for hydroxylation is 1. The van der Waals surface area contributed by atoms with Crippen molar-refractivity contribution >= 4 is 44.4 Å². The van der Waals surface area contributed by atoms with Gasteiger partial charge in [0.2, 0.25) is 10.0 Å². The molecule has 5 nitrogen and oxygen atoms in total. The highest BCUT2D eigenvalue weighted by atomic mass is 35.5. The van der Waals surface area contributed by atoms with Crippen molar-refractivity contribution < 1.29 is 8.42 Å². The normalized spacial score (nSPS) is 12.2. The number of rotatable bonds is 8. The van der Waals surface area contributed by atoms with E-state index in [1.165, 1.54) is 4.31 Å². The fourth-order valence-corrected chi connectivity index (χ4v) is 5.86. The van der Waals surface area contributed by atoms with Gasteiger partial charge in [0.15, 0.2) is 5.16 Å². The molecule has 0 amide bonds. The van der Waals surface area contributed by atoms with Crippen molar-refractivity contribution in [2.45, 2.75) is 43.1 Å². The molecule has 0 aliphatic carbocycles. The Morgan fingerprint density at radius 2 is 1.86 bits per heavy atom. The maximum Gasteiger partial charge on any atom is 0.243 e. The molecule has 0 atom stereocenters. The molecular formula is C20H24ClN3O2S2. The fraction of sp³-hybridized carbons (Fsp3) is 0.350. The molecule has 0 radical (unpaired) electrons. The van der Waals surface area contributed by atoms with Crippen molar-refractivity contribution in [1.29, 1.82) is 0 Å². The molecule has 0 unspecified atom stereocenters. The molecule has 0 N–H and O–H groups in total. The van der Waals surface area contributed by atoms with Crippen molar-refractivity contribution in [1.82, 2.24) is 13.9 Å². The lowest BCUT2D eigenvalue weighted by Gasteiger charge is -2.18. The Morgan fingerprint density at radius 3 is 2.50 bits per heavy atom. The van der Waals surface area contributed by atoms with Crippen LogP contribution in [0.2, 0.25) is 5.02 Å². The van der Waals surface area contributed by atoms with Crippen molar-refractivity contribution in [3.63, 3.8) is 0 Å². The number of benzene rings is 2. The largest absolute Gasteiger partial charge is 0.319 e. The first-order valence-corrected chi connectivity index (χ1v) is 12.1. The number of aromatic nitrogens is 2. The van der Waals surface area contributed by atoms with Crippen LogP contribution >= 0.6 is 23.4 Å². The standard InChI is InChI=1S/C20H24ClN3O2S2/c1-4-23(5-2)28(25,26)17-10-11-19-18(13-17)22-20(24(19)6-3)27-14-15-8-7-9-16(21)12-15/h7-13H,4-6,14H2,1-3H3. The van der Waals surface area contributed by atoms with Gasteiger partial charge in [-0.2, -0.15) is 4.31 Å². The van der Waals surface area contributed by atoms with Gasteiger partial charge in [-0.1, -0.05) is 49.3 Å². The number of halogens is 1. The van der Waals surface area contributed by atoms with E-state index in [0.29, 0.717) is 23.6 Å². The van der Waals surface area contributed by atoms with E-state index in [0.717, 1.165) is 28.5 Å². The van der Waals surface area contributed by atoms with Crippen LogP contribution in [0.5, 0.6) is 0 Å². The fourth-order valence-electron chi connectivity index (χ4n) is 3.15. The third kappa shape index (κ3) is 4.22. The predicted octanol–water partition coefficient (Wildman–Crippen LogP) is 5.03. The molecule has 0 spiro atoms. The lowest BCUT2D eigenvalue weighted by atomic mass is 10.2. The maximum atomic E-state index is 12.8. The number of fused-ring (bicyclic) bond motifs is 1. The molecule has 0 fully saturated rings. The monoisotopic (exact) mass is 437 g/mol. The molecule has 0 aliphatic rings. The summed E-state index contributed by atoms with van der Waals surface area (Å²) in [5.74, 6) is 0.745. The molecule has 0 bridgehead atoms. The minimum Gasteiger partial charge on any atom is -0.319 e. The summed E-state index contributed by atoms with van der Waals surface area (Å²) in [6, 6.07) is 13.0. The van der Waals surface area contributed by atoms with Crippen LogP contribution in [0.1, 0.15) is 26.3 Å². The Bertz CT molecular complexity index is 1080. The summed E-state index contributed by atoms with van der Waals surface area (Å²) in [5, 5.41) is 1.59. The molecule has 28 heavy (non-hydrogen) atoms. The number of imidazole rings is 1. The number of thioether (sulfide) groups is 1. The van der Waals surface area contributed by atoms with Gasteiger partial charge in [-0.3, -0.25) is 0 Å². The van der Waals surface area contributed by atoms with E-state index < -0.39 is 10.0 Å². The highest BCUT2D eigenvalue weighted by molar-refractivity contribution is 7.98. The molecule has 0 aliphatic heterocycles. The van der Waals surface area contributed by atoms with E-state index in [9.17, 15) is 8.42 Å².